The first-order valence-electron chi connectivity index (χ1n) is 9.15. The Morgan fingerprint density at radius 3 is 2.75 bits per heavy atom. The number of nitrogen functional groups attached to an aromatic ring is 1. The number of ether oxygens (including phenoxy) is 1. The second-order valence-corrected chi connectivity index (χ2v) is 6.81. The molecule has 0 spiro atoms. The molecule has 5 nitrogen and oxygen atoms in total. The molecule has 1 fully saturated rings. The fourth-order valence-electron chi connectivity index (χ4n) is 3.40. The highest BCUT2D eigenvalue weighted by Crippen LogP contribution is 2.26. The Hall–Kier alpha value is -2.11. The lowest BCUT2D eigenvalue weighted by atomic mass is 10.1. The smallest absolute Gasteiger partial charge is 0.220 e. The van der Waals surface area contributed by atoms with Crippen molar-refractivity contribution in [3.8, 4) is 5.75 Å². The van der Waals surface area contributed by atoms with E-state index in [4.69, 9.17) is 10.5 Å². The Balaban J connectivity index is 0.00000196. The van der Waals surface area contributed by atoms with Crippen LogP contribution in [-0.4, -0.2) is 32.7 Å². The van der Waals surface area contributed by atoms with Crippen molar-refractivity contribution >= 4 is 42.1 Å². The molecule has 0 radical (unpaired) electrons. The minimum atomic E-state index is 0. The molecule has 0 aliphatic carbocycles. The van der Waals surface area contributed by atoms with Crippen LogP contribution in [0.25, 0.3) is 0 Å². The molecule has 2 aromatic rings. The van der Waals surface area contributed by atoms with Crippen LogP contribution in [0.3, 0.4) is 0 Å². The SMILES string of the molecule is COc1cccc(N2CCC(CNC(=O)CCc3ccccc3N)C2)c1.Cl.Cl. The number of carbonyl (C=O) groups is 1. The van der Waals surface area contributed by atoms with E-state index in [2.05, 4.69) is 22.3 Å². The van der Waals surface area contributed by atoms with Crippen molar-refractivity contribution < 1.29 is 9.53 Å². The molecule has 1 amide bonds. The van der Waals surface area contributed by atoms with E-state index in [1.54, 1.807) is 7.11 Å². The van der Waals surface area contributed by atoms with Gasteiger partial charge in [0, 0.05) is 43.5 Å². The zero-order valence-corrected chi connectivity index (χ0v) is 17.7. The molecule has 0 saturated carbocycles. The van der Waals surface area contributed by atoms with Crippen LogP contribution < -0.4 is 20.7 Å². The molecule has 154 valence electrons. The number of nitrogens with two attached hydrogens (primary N) is 1. The van der Waals surface area contributed by atoms with Crippen LogP contribution in [0.15, 0.2) is 48.5 Å². The van der Waals surface area contributed by atoms with Crippen molar-refractivity contribution in [2.45, 2.75) is 19.3 Å². The summed E-state index contributed by atoms with van der Waals surface area (Å²) in [5, 5.41) is 3.08. The molecule has 3 N–H and O–H groups in total. The van der Waals surface area contributed by atoms with Gasteiger partial charge in [-0.1, -0.05) is 24.3 Å². The third kappa shape index (κ3) is 6.50. The van der Waals surface area contributed by atoms with Crippen LogP contribution in [0.5, 0.6) is 5.75 Å². The number of anilines is 2. The van der Waals surface area contributed by atoms with E-state index < -0.39 is 0 Å². The number of aryl methyl sites for hydroxylation is 1. The van der Waals surface area contributed by atoms with Crippen molar-refractivity contribution in [3.63, 3.8) is 0 Å². The predicted octanol–water partition coefficient (Wildman–Crippen LogP) is 3.70. The Kier molecular flexibility index (Phi) is 9.97. The highest BCUT2D eigenvalue weighted by Gasteiger charge is 2.23. The van der Waals surface area contributed by atoms with Crippen molar-refractivity contribution in [2.24, 2.45) is 5.92 Å². The van der Waals surface area contributed by atoms with Gasteiger partial charge in [0.25, 0.3) is 0 Å². The van der Waals surface area contributed by atoms with Gasteiger partial charge in [0.1, 0.15) is 5.75 Å². The Bertz CT molecular complexity index is 758. The van der Waals surface area contributed by atoms with Crippen LogP contribution in [0.4, 0.5) is 11.4 Å². The summed E-state index contributed by atoms with van der Waals surface area (Å²) in [5.41, 5.74) is 8.89. The fraction of sp³-hybridized carbons (Fsp3) is 0.381. The molecule has 1 atom stereocenters. The summed E-state index contributed by atoms with van der Waals surface area (Å²) in [6.07, 6.45) is 2.24. The number of nitrogens with one attached hydrogen (secondary N) is 1. The first-order chi connectivity index (χ1) is 12.7. The van der Waals surface area contributed by atoms with E-state index in [1.807, 2.05) is 36.4 Å². The van der Waals surface area contributed by atoms with Gasteiger partial charge < -0.3 is 20.7 Å². The molecule has 28 heavy (non-hydrogen) atoms. The number of hydrogen-bond acceptors (Lipinski definition) is 4. The Morgan fingerprint density at radius 2 is 2.00 bits per heavy atom. The maximum atomic E-state index is 12.1. The quantitative estimate of drug-likeness (QED) is 0.663. The number of nitrogens with zero attached hydrogens (tertiary/aromatic N) is 1. The monoisotopic (exact) mass is 425 g/mol. The normalized spacial score (nSPS) is 15.3. The van der Waals surface area contributed by atoms with Crippen LogP contribution in [0.2, 0.25) is 0 Å². The van der Waals surface area contributed by atoms with Crippen LogP contribution in [0.1, 0.15) is 18.4 Å². The minimum absolute atomic E-state index is 0. The van der Waals surface area contributed by atoms with Gasteiger partial charge in [-0.3, -0.25) is 4.79 Å². The molecule has 1 saturated heterocycles. The van der Waals surface area contributed by atoms with Gasteiger partial charge in [-0.25, -0.2) is 0 Å². The molecule has 1 unspecified atom stereocenters. The molecule has 2 aromatic carbocycles. The number of hydrogen-bond donors (Lipinski definition) is 2. The van der Waals surface area contributed by atoms with Gasteiger partial charge in [0.15, 0.2) is 0 Å². The fourth-order valence-corrected chi connectivity index (χ4v) is 3.40. The highest BCUT2D eigenvalue weighted by atomic mass is 35.5. The van der Waals surface area contributed by atoms with Crippen molar-refractivity contribution in [1.29, 1.82) is 0 Å². The lowest BCUT2D eigenvalue weighted by molar-refractivity contribution is -0.121. The number of methoxy groups -OCH3 is 1. The molecular weight excluding hydrogens is 397 g/mol. The molecule has 0 bridgehead atoms. The Morgan fingerprint density at radius 1 is 1.21 bits per heavy atom. The third-order valence-electron chi connectivity index (χ3n) is 4.97. The first-order valence-corrected chi connectivity index (χ1v) is 9.15. The van der Waals surface area contributed by atoms with Crippen LogP contribution >= 0.6 is 24.8 Å². The van der Waals surface area contributed by atoms with E-state index in [0.717, 1.165) is 43.1 Å². The van der Waals surface area contributed by atoms with Crippen molar-refractivity contribution in [1.82, 2.24) is 5.32 Å². The summed E-state index contributed by atoms with van der Waals surface area (Å²) in [6.45, 7) is 2.69. The lowest BCUT2D eigenvalue weighted by Gasteiger charge is -2.19. The molecular formula is C21H29Cl2N3O2. The number of halogens is 2. The summed E-state index contributed by atoms with van der Waals surface area (Å²) < 4.78 is 5.30. The number of carbonyl (C=O) groups excluding carboxylic acids is 1. The topological polar surface area (TPSA) is 67.6 Å². The van der Waals surface area contributed by atoms with E-state index in [-0.39, 0.29) is 30.7 Å². The number of amides is 1. The molecule has 1 aliphatic rings. The minimum Gasteiger partial charge on any atom is -0.497 e. The average Bonchev–Trinajstić information content (AvgIpc) is 3.15. The molecule has 7 heteroatoms. The average molecular weight is 426 g/mol. The van der Waals surface area contributed by atoms with Crippen LogP contribution in [0, 0.1) is 5.92 Å². The Labute approximate surface area is 179 Å². The number of benzene rings is 2. The zero-order valence-electron chi connectivity index (χ0n) is 16.1. The van der Waals surface area contributed by atoms with Gasteiger partial charge in [-0.05, 0) is 42.5 Å². The van der Waals surface area contributed by atoms with E-state index in [1.165, 1.54) is 5.69 Å². The van der Waals surface area contributed by atoms with Crippen molar-refractivity contribution in [3.05, 3.63) is 54.1 Å². The van der Waals surface area contributed by atoms with E-state index in [0.29, 0.717) is 18.8 Å². The molecule has 1 aliphatic heterocycles. The maximum Gasteiger partial charge on any atom is 0.220 e. The summed E-state index contributed by atoms with van der Waals surface area (Å²) in [5.74, 6) is 1.44. The summed E-state index contributed by atoms with van der Waals surface area (Å²) >= 11 is 0. The summed E-state index contributed by atoms with van der Waals surface area (Å²) in [6, 6.07) is 15.8. The molecule has 0 aromatic heterocycles. The second kappa shape index (κ2) is 11.7. The van der Waals surface area contributed by atoms with E-state index in [9.17, 15) is 4.79 Å². The summed E-state index contributed by atoms with van der Waals surface area (Å²) in [4.78, 5) is 14.5. The summed E-state index contributed by atoms with van der Waals surface area (Å²) in [7, 11) is 1.69. The van der Waals surface area contributed by atoms with Gasteiger partial charge in [-0.15, -0.1) is 24.8 Å². The lowest BCUT2D eigenvalue weighted by Crippen LogP contribution is -2.31. The maximum absolute atomic E-state index is 12.1. The number of para-hydroxylation sites is 1. The third-order valence-corrected chi connectivity index (χ3v) is 4.97. The van der Waals surface area contributed by atoms with Gasteiger partial charge in [0.2, 0.25) is 5.91 Å². The number of rotatable bonds is 7. The van der Waals surface area contributed by atoms with Gasteiger partial charge in [0.05, 0.1) is 7.11 Å². The van der Waals surface area contributed by atoms with Crippen LogP contribution in [-0.2, 0) is 11.2 Å². The standard InChI is InChI=1S/C21H27N3O2.2ClH/c1-26-19-7-4-6-18(13-19)24-12-11-16(15-24)14-23-21(25)10-9-17-5-2-3-8-20(17)22;;/h2-8,13,16H,9-12,14-15,22H2,1H3,(H,23,25);2*1H. The molecule has 3 rings (SSSR count). The van der Waals surface area contributed by atoms with Gasteiger partial charge >= 0.3 is 0 Å². The largest absolute Gasteiger partial charge is 0.497 e. The second-order valence-electron chi connectivity index (χ2n) is 6.81. The van der Waals surface area contributed by atoms with Crippen molar-refractivity contribution in [2.75, 3.05) is 37.4 Å². The van der Waals surface area contributed by atoms with E-state index >= 15 is 0 Å². The predicted molar refractivity (Wildman–Crippen MR) is 120 cm³/mol. The molecule has 1 heterocycles. The first kappa shape index (κ1) is 23.9. The highest BCUT2D eigenvalue weighted by molar-refractivity contribution is 5.85. The zero-order chi connectivity index (χ0) is 18.4. The van der Waals surface area contributed by atoms with Gasteiger partial charge in [-0.2, -0.15) is 0 Å².